The highest BCUT2D eigenvalue weighted by molar-refractivity contribution is 6.69. The second-order valence-electron chi connectivity index (χ2n) is 6.87. The van der Waals surface area contributed by atoms with Crippen LogP contribution in [0.3, 0.4) is 0 Å². The zero-order valence-electron chi connectivity index (χ0n) is 14.2. The number of hydrogen-bond donors (Lipinski definition) is 0. The maximum absolute atomic E-state index is 6.14. The second-order valence-corrected chi connectivity index (χ2v) is 11.3. The predicted octanol–water partition coefficient (Wildman–Crippen LogP) is 5.10. The summed E-state index contributed by atoms with van der Waals surface area (Å²) >= 11 is 0. The monoisotopic (exact) mass is 315 g/mol. The van der Waals surface area contributed by atoms with Crippen molar-refractivity contribution >= 4 is 16.7 Å². The Balaban J connectivity index is 0.00000242. The van der Waals surface area contributed by atoms with E-state index >= 15 is 0 Å². The van der Waals surface area contributed by atoms with Gasteiger partial charge in [-0.25, -0.2) is 0 Å². The van der Waals surface area contributed by atoms with Gasteiger partial charge in [0.05, 0.1) is 0 Å². The molecule has 1 fully saturated rings. The third kappa shape index (κ3) is 7.21. The molecule has 0 bridgehead atoms. The zero-order valence-corrected chi connectivity index (χ0v) is 15.2. The van der Waals surface area contributed by atoms with Crippen molar-refractivity contribution in [2.24, 2.45) is 5.92 Å². The summed E-state index contributed by atoms with van der Waals surface area (Å²) in [7, 11) is -1.64. The Morgan fingerprint density at radius 3 is 2.32 bits per heavy atom. The minimum absolute atomic E-state index is 0. The van der Waals surface area contributed by atoms with Gasteiger partial charge in [-0.3, -0.25) is 0 Å². The van der Waals surface area contributed by atoms with E-state index in [4.69, 9.17) is 9.16 Å². The molecule has 0 heterocycles. The summed E-state index contributed by atoms with van der Waals surface area (Å²) in [6.07, 6.45) is 8.82. The van der Waals surface area contributed by atoms with Crippen LogP contribution in [-0.4, -0.2) is 16.7 Å². The first-order chi connectivity index (χ1) is 10.0. The number of rotatable bonds is 6. The Kier molecular flexibility index (Phi) is 7.80. The maximum Gasteiger partial charge on any atom is 0.261 e. The molecule has 1 aromatic carbocycles. The molecule has 4 heteroatoms. The molecule has 2 rings (SSSR count). The summed E-state index contributed by atoms with van der Waals surface area (Å²) in [5.41, 5.74) is 1.19. The van der Waals surface area contributed by atoms with E-state index in [1.54, 1.807) is 0 Å². The minimum atomic E-state index is -1.64. The molecule has 0 aromatic heterocycles. The molecular formula is C18H28BO2Si. The summed E-state index contributed by atoms with van der Waals surface area (Å²) in [6, 6.07) is 10.3. The van der Waals surface area contributed by atoms with Crippen LogP contribution in [0.25, 0.3) is 0 Å². The van der Waals surface area contributed by atoms with Crippen LogP contribution in [-0.2, 0) is 15.8 Å². The fourth-order valence-electron chi connectivity index (χ4n) is 2.64. The van der Waals surface area contributed by atoms with Crippen molar-refractivity contribution in [2.45, 2.75) is 58.4 Å². The van der Waals surface area contributed by atoms with Gasteiger partial charge in [-0.1, -0.05) is 49.6 Å². The molecule has 0 spiro atoms. The Labute approximate surface area is 138 Å². The Morgan fingerprint density at radius 2 is 1.73 bits per heavy atom. The fraction of sp³-hybridized carbons (Fsp3) is 0.556. The Bertz CT molecular complexity index is 448. The van der Waals surface area contributed by atoms with Gasteiger partial charge in [-0.15, -0.1) is 0 Å². The van der Waals surface area contributed by atoms with Gasteiger partial charge in [0.15, 0.2) is 0 Å². The third-order valence-electron chi connectivity index (χ3n) is 3.65. The lowest BCUT2D eigenvalue weighted by molar-refractivity contribution is 0.0881. The van der Waals surface area contributed by atoms with E-state index in [1.165, 1.54) is 37.7 Å². The van der Waals surface area contributed by atoms with Gasteiger partial charge in [-0.05, 0) is 50.0 Å². The van der Waals surface area contributed by atoms with Crippen molar-refractivity contribution in [3.05, 3.63) is 47.9 Å². The lowest BCUT2D eigenvalue weighted by Crippen LogP contribution is -2.26. The topological polar surface area (TPSA) is 18.5 Å². The van der Waals surface area contributed by atoms with E-state index in [0.29, 0.717) is 12.5 Å². The number of hydrogen-bond acceptors (Lipinski definition) is 2. The largest absolute Gasteiger partial charge is 0.520 e. The van der Waals surface area contributed by atoms with E-state index in [1.807, 2.05) is 18.2 Å². The van der Waals surface area contributed by atoms with Crippen molar-refractivity contribution in [3.63, 3.8) is 0 Å². The molecule has 0 amide bonds. The standard InChI is InChI=1S/C18H28O2Si.B/c1-21(2,3)20-18(14-16-10-6-4-7-11-16)19-15-17-12-8-5-9-13-17;/h5,8-9,12-14,16H,4,6-7,10-11,15H2,1-3H3;/b18-14+;. The van der Waals surface area contributed by atoms with Gasteiger partial charge in [0, 0.05) is 8.41 Å². The highest BCUT2D eigenvalue weighted by atomic mass is 28.4. The van der Waals surface area contributed by atoms with Crippen molar-refractivity contribution in [2.75, 3.05) is 0 Å². The van der Waals surface area contributed by atoms with Gasteiger partial charge in [-0.2, -0.15) is 0 Å². The van der Waals surface area contributed by atoms with E-state index in [0.717, 1.165) is 5.95 Å². The number of benzene rings is 1. The van der Waals surface area contributed by atoms with Gasteiger partial charge in [0.25, 0.3) is 5.95 Å². The summed E-state index contributed by atoms with van der Waals surface area (Å²) in [5.74, 6) is 1.38. The van der Waals surface area contributed by atoms with Crippen molar-refractivity contribution in [1.29, 1.82) is 0 Å². The molecule has 119 valence electrons. The highest BCUT2D eigenvalue weighted by Crippen LogP contribution is 2.27. The van der Waals surface area contributed by atoms with Gasteiger partial charge in [0.1, 0.15) is 6.61 Å². The molecule has 0 N–H and O–H groups in total. The summed E-state index contributed by atoms with van der Waals surface area (Å²) in [5, 5.41) is 0. The molecule has 1 saturated carbocycles. The Hall–Kier alpha value is -1.16. The molecule has 22 heavy (non-hydrogen) atoms. The number of ether oxygens (including phenoxy) is 1. The first-order valence-corrected chi connectivity index (χ1v) is 11.5. The van der Waals surface area contributed by atoms with Crippen molar-refractivity contribution < 1.29 is 9.16 Å². The lowest BCUT2D eigenvalue weighted by Gasteiger charge is -2.24. The molecule has 3 radical (unpaired) electrons. The fourth-order valence-corrected chi connectivity index (χ4v) is 3.37. The molecule has 1 aliphatic carbocycles. The molecule has 0 saturated heterocycles. The van der Waals surface area contributed by atoms with Crippen LogP contribution in [0.1, 0.15) is 37.7 Å². The lowest BCUT2D eigenvalue weighted by atomic mass is 9.89. The molecule has 0 atom stereocenters. The van der Waals surface area contributed by atoms with E-state index in [-0.39, 0.29) is 8.41 Å². The third-order valence-corrected chi connectivity index (χ3v) is 4.47. The van der Waals surface area contributed by atoms with E-state index in [2.05, 4.69) is 37.8 Å². The average molecular weight is 315 g/mol. The van der Waals surface area contributed by atoms with Crippen molar-refractivity contribution in [1.82, 2.24) is 0 Å². The van der Waals surface area contributed by atoms with Crippen LogP contribution in [0.15, 0.2) is 42.4 Å². The summed E-state index contributed by atoms with van der Waals surface area (Å²) in [4.78, 5) is 0. The smallest absolute Gasteiger partial charge is 0.261 e. The maximum atomic E-state index is 6.14. The number of allylic oxidation sites excluding steroid dienone is 1. The normalized spacial score (nSPS) is 16.8. The second kappa shape index (κ2) is 9.09. The average Bonchev–Trinajstić information content (AvgIpc) is 2.45. The van der Waals surface area contributed by atoms with Crippen LogP contribution in [0.2, 0.25) is 19.6 Å². The van der Waals surface area contributed by atoms with E-state index in [9.17, 15) is 0 Å². The summed E-state index contributed by atoms with van der Waals surface area (Å²) in [6.45, 7) is 7.19. The molecular weight excluding hydrogens is 287 g/mol. The van der Waals surface area contributed by atoms with E-state index < -0.39 is 8.32 Å². The SMILES string of the molecule is C[Si](C)(C)O/C(=C/C1CCCCC1)OCc1ccccc1.[B]. The molecule has 2 nitrogen and oxygen atoms in total. The van der Waals surface area contributed by atoms with Crippen LogP contribution in [0.4, 0.5) is 0 Å². The first-order valence-electron chi connectivity index (χ1n) is 8.10. The van der Waals surface area contributed by atoms with Gasteiger partial charge >= 0.3 is 0 Å². The van der Waals surface area contributed by atoms with Crippen LogP contribution in [0, 0.1) is 5.92 Å². The quantitative estimate of drug-likeness (QED) is 0.537. The summed E-state index contributed by atoms with van der Waals surface area (Å²) < 4.78 is 12.1. The predicted molar refractivity (Wildman–Crippen MR) is 96.1 cm³/mol. The van der Waals surface area contributed by atoms with Gasteiger partial charge < -0.3 is 9.16 Å². The molecule has 1 aliphatic rings. The molecule has 0 unspecified atom stereocenters. The van der Waals surface area contributed by atoms with Crippen LogP contribution in [0.5, 0.6) is 0 Å². The minimum Gasteiger partial charge on any atom is -0.520 e. The van der Waals surface area contributed by atoms with Crippen molar-refractivity contribution in [3.8, 4) is 0 Å². The van der Waals surface area contributed by atoms with Gasteiger partial charge in [0.2, 0.25) is 8.32 Å². The molecule has 1 aromatic rings. The van der Waals surface area contributed by atoms with Crippen LogP contribution < -0.4 is 0 Å². The molecule has 0 aliphatic heterocycles. The first kappa shape index (κ1) is 18.9. The highest BCUT2D eigenvalue weighted by Gasteiger charge is 2.21. The zero-order chi connectivity index (χ0) is 15.1. The Morgan fingerprint density at radius 1 is 1.09 bits per heavy atom. The van der Waals surface area contributed by atoms with Crippen LogP contribution >= 0.6 is 0 Å².